The molecule has 0 aliphatic heterocycles. The molecule has 1 aromatic carbocycles. The number of Topliss-reactive ketones (excluding diaryl/α,β-unsaturated/α-hetero) is 1. The van der Waals surface area contributed by atoms with E-state index >= 15 is 0 Å². The third kappa shape index (κ3) is 2.00. The van der Waals surface area contributed by atoms with Gasteiger partial charge in [-0.3, -0.25) is 4.79 Å². The maximum Gasteiger partial charge on any atom is 0.337 e. The van der Waals surface area contributed by atoms with E-state index in [1.807, 2.05) is 0 Å². The Morgan fingerprint density at radius 1 is 1.39 bits per heavy atom. The first-order valence-electron chi connectivity index (χ1n) is 5.73. The van der Waals surface area contributed by atoms with Gasteiger partial charge in [0.1, 0.15) is 5.78 Å². The highest BCUT2D eigenvalue weighted by Crippen LogP contribution is 2.38. The number of carbonyl (C=O) groups excluding carboxylic acids is 2. The van der Waals surface area contributed by atoms with Crippen molar-refractivity contribution in [1.29, 1.82) is 5.26 Å². The van der Waals surface area contributed by atoms with Crippen LogP contribution in [0.3, 0.4) is 0 Å². The number of benzene rings is 1. The Labute approximate surface area is 105 Å². The maximum absolute atomic E-state index is 11.4. The van der Waals surface area contributed by atoms with Crippen LogP contribution in [0.5, 0.6) is 0 Å². The summed E-state index contributed by atoms with van der Waals surface area (Å²) in [6.07, 6.45) is 1.27. The zero-order chi connectivity index (χ0) is 13.2. The van der Waals surface area contributed by atoms with Gasteiger partial charge in [-0.15, -0.1) is 0 Å². The van der Waals surface area contributed by atoms with E-state index in [9.17, 15) is 14.9 Å². The van der Waals surface area contributed by atoms with Gasteiger partial charge in [0, 0.05) is 12.8 Å². The van der Waals surface area contributed by atoms with Crippen molar-refractivity contribution in [1.82, 2.24) is 0 Å². The van der Waals surface area contributed by atoms with Crippen molar-refractivity contribution in [3.63, 3.8) is 0 Å². The quantitative estimate of drug-likeness (QED) is 0.745. The van der Waals surface area contributed by atoms with Crippen molar-refractivity contribution in [3.05, 3.63) is 35.4 Å². The summed E-state index contributed by atoms with van der Waals surface area (Å²) >= 11 is 0. The van der Waals surface area contributed by atoms with E-state index < -0.39 is 11.4 Å². The molecule has 0 spiro atoms. The lowest BCUT2D eigenvalue weighted by Crippen LogP contribution is -2.20. The molecule has 0 aromatic heterocycles. The topological polar surface area (TPSA) is 67.2 Å². The summed E-state index contributed by atoms with van der Waals surface area (Å²) in [5.41, 5.74) is 0.522. The molecule has 4 nitrogen and oxygen atoms in total. The van der Waals surface area contributed by atoms with Crippen molar-refractivity contribution < 1.29 is 14.3 Å². The second-order valence-electron chi connectivity index (χ2n) is 4.48. The van der Waals surface area contributed by atoms with Crippen LogP contribution >= 0.6 is 0 Å². The summed E-state index contributed by atoms with van der Waals surface area (Å²) in [6.45, 7) is 0. The zero-order valence-electron chi connectivity index (χ0n) is 10.1. The molecule has 4 heteroatoms. The van der Waals surface area contributed by atoms with Crippen molar-refractivity contribution in [2.24, 2.45) is 0 Å². The molecule has 1 aliphatic rings. The highest BCUT2D eigenvalue weighted by Gasteiger charge is 2.40. The molecule has 0 N–H and O–H groups in total. The van der Waals surface area contributed by atoms with Crippen LogP contribution in [0.1, 0.15) is 35.2 Å². The molecule has 2 rings (SSSR count). The summed E-state index contributed by atoms with van der Waals surface area (Å²) in [4.78, 5) is 22.7. The van der Waals surface area contributed by atoms with Crippen LogP contribution in [0.25, 0.3) is 0 Å². The summed E-state index contributed by atoms with van der Waals surface area (Å²) < 4.78 is 4.61. The second kappa shape index (κ2) is 4.61. The van der Waals surface area contributed by atoms with E-state index in [0.29, 0.717) is 18.4 Å². The molecule has 1 saturated carbocycles. The van der Waals surface area contributed by atoms with Crippen LogP contribution in [0.15, 0.2) is 24.3 Å². The first-order chi connectivity index (χ1) is 8.61. The van der Waals surface area contributed by atoms with Gasteiger partial charge in [-0.05, 0) is 24.1 Å². The third-order valence-electron chi connectivity index (χ3n) is 3.40. The van der Waals surface area contributed by atoms with Crippen molar-refractivity contribution in [3.8, 4) is 6.07 Å². The SMILES string of the molecule is COC(=O)c1ccc(C2(C#N)CCC(=O)C2)cc1. The fourth-order valence-electron chi connectivity index (χ4n) is 2.32. The smallest absolute Gasteiger partial charge is 0.337 e. The van der Waals surface area contributed by atoms with Gasteiger partial charge in [-0.2, -0.15) is 5.26 Å². The van der Waals surface area contributed by atoms with Gasteiger partial charge in [0.25, 0.3) is 0 Å². The van der Waals surface area contributed by atoms with E-state index in [2.05, 4.69) is 10.8 Å². The van der Waals surface area contributed by atoms with Crippen molar-refractivity contribution >= 4 is 11.8 Å². The normalized spacial score (nSPS) is 22.6. The van der Waals surface area contributed by atoms with Gasteiger partial charge < -0.3 is 4.74 Å². The largest absolute Gasteiger partial charge is 0.465 e. The monoisotopic (exact) mass is 243 g/mol. The third-order valence-corrected chi connectivity index (χ3v) is 3.40. The lowest BCUT2D eigenvalue weighted by atomic mass is 9.80. The summed E-state index contributed by atoms with van der Waals surface area (Å²) in [7, 11) is 1.32. The summed E-state index contributed by atoms with van der Waals surface area (Å²) in [6, 6.07) is 8.97. The number of hydrogen-bond donors (Lipinski definition) is 0. The van der Waals surface area contributed by atoms with Gasteiger partial charge in [-0.25, -0.2) is 4.79 Å². The summed E-state index contributed by atoms with van der Waals surface area (Å²) in [5.74, 6) is -0.288. The minimum absolute atomic E-state index is 0.119. The van der Waals surface area contributed by atoms with E-state index in [-0.39, 0.29) is 12.2 Å². The number of ether oxygens (including phenoxy) is 1. The molecule has 0 heterocycles. The van der Waals surface area contributed by atoms with Crippen LogP contribution in [0, 0.1) is 11.3 Å². The minimum Gasteiger partial charge on any atom is -0.465 e. The highest BCUT2D eigenvalue weighted by atomic mass is 16.5. The first-order valence-corrected chi connectivity index (χ1v) is 5.73. The van der Waals surface area contributed by atoms with Crippen LogP contribution in [-0.2, 0) is 14.9 Å². The molecule has 92 valence electrons. The van der Waals surface area contributed by atoms with Crippen LogP contribution in [0.4, 0.5) is 0 Å². The molecule has 0 radical (unpaired) electrons. The Balaban J connectivity index is 2.32. The zero-order valence-corrected chi connectivity index (χ0v) is 10.1. The van der Waals surface area contributed by atoms with E-state index in [4.69, 9.17) is 0 Å². The average Bonchev–Trinajstić information content (AvgIpc) is 2.81. The lowest BCUT2D eigenvalue weighted by Gasteiger charge is -2.19. The molecule has 1 aliphatic carbocycles. The standard InChI is InChI=1S/C14H13NO3/c1-18-13(17)10-2-4-11(5-3-10)14(9-15)7-6-12(16)8-14/h2-5H,6-8H2,1H3. The highest BCUT2D eigenvalue weighted by molar-refractivity contribution is 5.89. The van der Waals surface area contributed by atoms with E-state index in [0.717, 1.165) is 5.56 Å². The minimum atomic E-state index is -0.717. The van der Waals surface area contributed by atoms with Gasteiger partial charge in [0.15, 0.2) is 0 Å². The van der Waals surface area contributed by atoms with Crippen LogP contribution in [0.2, 0.25) is 0 Å². The van der Waals surface area contributed by atoms with Crippen molar-refractivity contribution in [2.45, 2.75) is 24.7 Å². The number of carbonyl (C=O) groups is 2. The van der Waals surface area contributed by atoms with Gasteiger partial charge in [0.2, 0.25) is 0 Å². The molecule has 1 fully saturated rings. The van der Waals surface area contributed by atoms with Crippen molar-refractivity contribution in [2.75, 3.05) is 7.11 Å². The molecule has 0 saturated heterocycles. The summed E-state index contributed by atoms with van der Waals surface area (Å²) in [5, 5.41) is 9.32. The number of nitrogens with zero attached hydrogens (tertiary/aromatic N) is 1. The average molecular weight is 243 g/mol. The predicted octanol–water partition coefficient (Wildman–Crippen LogP) is 1.99. The Kier molecular flexibility index (Phi) is 3.15. The predicted molar refractivity (Wildman–Crippen MR) is 63.9 cm³/mol. The lowest BCUT2D eigenvalue weighted by molar-refractivity contribution is -0.117. The molecule has 18 heavy (non-hydrogen) atoms. The Morgan fingerprint density at radius 3 is 2.50 bits per heavy atom. The van der Waals surface area contributed by atoms with Crippen LogP contribution < -0.4 is 0 Å². The number of esters is 1. The number of nitriles is 1. The molecule has 1 aromatic rings. The number of rotatable bonds is 2. The molecule has 0 amide bonds. The second-order valence-corrected chi connectivity index (χ2v) is 4.48. The van der Waals surface area contributed by atoms with Gasteiger partial charge >= 0.3 is 5.97 Å². The Bertz CT molecular complexity index is 527. The number of hydrogen-bond acceptors (Lipinski definition) is 4. The van der Waals surface area contributed by atoms with Gasteiger partial charge in [-0.1, -0.05) is 12.1 Å². The maximum atomic E-state index is 11.4. The van der Waals surface area contributed by atoms with E-state index in [1.54, 1.807) is 24.3 Å². The molecule has 0 bridgehead atoms. The molecular formula is C14H13NO3. The first kappa shape index (κ1) is 12.3. The fourth-order valence-corrected chi connectivity index (χ4v) is 2.32. The number of ketones is 1. The Morgan fingerprint density at radius 2 is 2.06 bits per heavy atom. The Hall–Kier alpha value is -2.15. The molecule has 1 unspecified atom stereocenters. The van der Waals surface area contributed by atoms with E-state index in [1.165, 1.54) is 7.11 Å². The fraction of sp³-hybridized carbons (Fsp3) is 0.357. The molecule has 1 atom stereocenters. The number of methoxy groups -OCH3 is 1. The van der Waals surface area contributed by atoms with Crippen LogP contribution in [-0.4, -0.2) is 18.9 Å². The van der Waals surface area contributed by atoms with Gasteiger partial charge in [0.05, 0.1) is 24.2 Å². The molecular weight excluding hydrogens is 230 g/mol.